The van der Waals surface area contributed by atoms with Gasteiger partial charge in [0.2, 0.25) is 10.0 Å². The van der Waals surface area contributed by atoms with Gasteiger partial charge in [0.05, 0.1) is 5.75 Å². The Labute approximate surface area is 130 Å². The zero-order chi connectivity index (χ0) is 15.6. The Morgan fingerprint density at radius 3 is 2.43 bits per heavy atom. The largest absolute Gasteiger partial charge is 0.317 e. The maximum absolute atomic E-state index is 11.9. The minimum Gasteiger partial charge on any atom is -0.317 e. The first-order valence-electron chi connectivity index (χ1n) is 8.47. The number of piperidine rings is 1. The molecule has 0 radical (unpaired) electrons. The van der Waals surface area contributed by atoms with Crippen LogP contribution in [0.15, 0.2) is 0 Å². The molecule has 0 aromatic heterocycles. The van der Waals surface area contributed by atoms with Gasteiger partial charge in [-0.25, -0.2) is 13.1 Å². The lowest BCUT2D eigenvalue weighted by Crippen LogP contribution is -2.39. The lowest BCUT2D eigenvalue weighted by atomic mass is 9.97. The molecule has 1 aliphatic rings. The SMILES string of the molecule is CCCNCCCCS(=O)(=O)NCC1CCN(CC)CC1. The molecule has 6 heteroatoms. The lowest BCUT2D eigenvalue weighted by Gasteiger charge is -2.30. The second-order valence-corrected chi connectivity index (χ2v) is 7.93. The third-order valence-corrected chi connectivity index (χ3v) is 5.62. The Balaban J connectivity index is 2.09. The topological polar surface area (TPSA) is 61.4 Å². The average molecular weight is 320 g/mol. The number of unbranched alkanes of at least 4 members (excludes halogenated alkanes) is 1. The summed E-state index contributed by atoms with van der Waals surface area (Å²) in [7, 11) is -3.08. The second-order valence-electron chi connectivity index (χ2n) is 6.00. The molecule has 126 valence electrons. The molecule has 5 nitrogen and oxygen atoms in total. The molecule has 1 saturated heterocycles. The molecule has 0 unspecified atom stereocenters. The van der Waals surface area contributed by atoms with Crippen LogP contribution in [0.25, 0.3) is 0 Å². The molecule has 21 heavy (non-hydrogen) atoms. The minimum atomic E-state index is -3.08. The highest BCUT2D eigenvalue weighted by molar-refractivity contribution is 7.89. The van der Waals surface area contributed by atoms with Crippen LogP contribution in [0.2, 0.25) is 0 Å². The van der Waals surface area contributed by atoms with Crippen molar-refractivity contribution in [3.63, 3.8) is 0 Å². The fourth-order valence-electron chi connectivity index (χ4n) is 2.67. The van der Waals surface area contributed by atoms with Gasteiger partial charge in [0.1, 0.15) is 0 Å². The van der Waals surface area contributed by atoms with Crippen molar-refractivity contribution in [2.75, 3.05) is 45.0 Å². The van der Waals surface area contributed by atoms with E-state index in [1.807, 2.05) is 0 Å². The van der Waals surface area contributed by atoms with Crippen molar-refractivity contribution in [2.24, 2.45) is 5.92 Å². The molecule has 0 saturated carbocycles. The zero-order valence-electron chi connectivity index (χ0n) is 13.7. The summed E-state index contributed by atoms with van der Waals surface area (Å²) in [6.07, 6.45) is 5.00. The highest BCUT2D eigenvalue weighted by atomic mass is 32.2. The Morgan fingerprint density at radius 2 is 1.81 bits per heavy atom. The van der Waals surface area contributed by atoms with Crippen LogP contribution in [0.5, 0.6) is 0 Å². The molecule has 0 aliphatic carbocycles. The highest BCUT2D eigenvalue weighted by Crippen LogP contribution is 2.16. The van der Waals surface area contributed by atoms with E-state index in [0.29, 0.717) is 12.5 Å². The van der Waals surface area contributed by atoms with E-state index < -0.39 is 10.0 Å². The highest BCUT2D eigenvalue weighted by Gasteiger charge is 2.19. The number of nitrogens with zero attached hydrogens (tertiary/aromatic N) is 1. The number of nitrogens with one attached hydrogen (secondary N) is 2. The van der Waals surface area contributed by atoms with Crippen molar-refractivity contribution in [1.29, 1.82) is 0 Å². The van der Waals surface area contributed by atoms with E-state index in [0.717, 1.165) is 64.8 Å². The molecule has 0 spiro atoms. The van der Waals surface area contributed by atoms with Gasteiger partial charge in [-0.3, -0.25) is 0 Å². The molecule has 1 aliphatic heterocycles. The number of hydrogen-bond donors (Lipinski definition) is 2. The third-order valence-electron chi connectivity index (χ3n) is 4.19. The van der Waals surface area contributed by atoms with Gasteiger partial charge in [-0.2, -0.15) is 0 Å². The van der Waals surface area contributed by atoms with E-state index in [4.69, 9.17) is 0 Å². The first kappa shape index (κ1) is 18.9. The smallest absolute Gasteiger partial charge is 0.211 e. The van der Waals surface area contributed by atoms with Crippen LogP contribution >= 0.6 is 0 Å². The monoisotopic (exact) mass is 319 g/mol. The van der Waals surface area contributed by atoms with E-state index in [1.165, 1.54) is 0 Å². The molecule has 0 amide bonds. The predicted octanol–water partition coefficient (Wildman–Crippen LogP) is 1.42. The summed E-state index contributed by atoms with van der Waals surface area (Å²) in [6, 6.07) is 0. The quantitative estimate of drug-likeness (QED) is 0.565. The van der Waals surface area contributed by atoms with Gasteiger partial charge in [-0.1, -0.05) is 13.8 Å². The van der Waals surface area contributed by atoms with Crippen LogP contribution in [0.1, 0.15) is 46.0 Å². The molecule has 1 heterocycles. The van der Waals surface area contributed by atoms with Crippen LogP contribution in [-0.4, -0.2) is 58.3 Å². The number of hydrogen-bond acceptors (Lipinski definition) is 4. The summed E-state index contributed by atoms with van der Waals surface area (Å²) >= 11 is 0. The minimum absolute atomic E-state index is 0.259. The van der Waals surface area contributed by atoms with Crippen LogP contribution in [0, 0.1) is 5.92 Å². The van der Waals surface area contributed by atoms with E-state index >= 15 is 0 Å². The van der Waals surface area contributed by atoms with Crippen molar-refractivity contribution in [1.82, 2.24) is 14.9 Å². The average Bonchev–Trinajstić information content (AvgIpc) is 2.49. The number of likely N-dealkylation sites (tertiary alicyclic amines) is 1. The van der Waals surface area contributed by atoms with Gasteiger partial charge < -0.3 is 10.2 Å². The summed E-state index contributed by atoms with van der Waals surface area (Å²) in [6.45, 7) is 10.2. The van der Waals surface area contributed by atoms with Crippen LogP contribution in [0.3, 0.4) is 0 Å². The van der Waals surface area contributed by atoms with E-state index in [9.17, 15) is 8.42 Å². The van der Waals surface area contributed by atoms with Crippen LogP contribution < -0.4 is 10.0 Å². The van der Waals surface area contributed by atoms with Gasteiger partial charge in [0, 0.05) is 6.54 Å². The first-order chi connectivity index (χ1) is 10.1. The van der Waals surface area contributed by atoms with Gasteiger partial charge in [-0.15, -0.1) is 0 Å². The van der Waals surface area contributed by atoms with Gasteiger partial charge >= 0.3 is 0 Å². The number of rotatable bonds is 11. The summed E-state index contributed by atoms with van der Waals surface area (Å²) < 4.78 is 26.7. The van der Waals surface area contributed by atoms with Crippen LogP contribution in [0.4, 0.5) is 0 Å². The Kier molecular flexibility index (Phi) is 9.47. The summed E-state index contributed by atoms with van der Waals surface area (Å²) in [4.78, 5) is 2.42. The fraction of sp³-hybridized carbons (Fsp3) is 1.00. The van der Waals surface area contributed by atoms with E-state index in [1.54, 1.807) is 0 Å². The Hall–Kier alpha value is -0.170. The van der Waals surface area contributed by atoms with Crippen molar-refractivity contribution in [3.05, 3.63) is 0 Å². The van der Waals surface area contributed by atoms with Crippen LogP contribution in [-0.2, 0) is 10.0 Å². The predicted molar refractivity (Wildman–Crippen MR) is 89.0 cm³/mol. The van der Waals surface area contributed by atoms with Gasteiger partial charge in [-0.05, 0) is 70.7 Å². The van der Waals surface area contributed by atoms with Crippen molar-refractivity contribution >= 4 is 10.0 Å². The Morgan fingerprint density at radius 1 is 1.10 bits per heavy atom. The second kappa shape index (κ2) is 10.5. The van der Waals surface area contributed by atoms with Crippen molar-refractivity contribution in [2.45, 2.75) is 46.0 Å². The maximum atomic E-state index is 11.9. The molecule has 0 aromatic rings. The normalized spacial score (nSPS) is 18.2. The molecule has 1 fully saturated rings. The van der Waals surface area contributed by atoms with E-state index in [-0.39, 0.29) is 5.75 Å². The molecule has 1 rings (SSSR count). The summed E-state index contributed by atoms with van der Waals surface area (Å²) in [5.74, 6) is 0.767. The third kappa shape index (κ3) is 8.76. The molecule has 2 N–H and O–H groups in total. The maximum Gasteiger partial charge on any atom is 0.211 e. The molecular formula is C15H33N3O2S. The number of sulfonamides is 1. The first-order valence-corrected chi connectivity index (χ1v) is 10.1. The standard InChI is InChI=1S/C15H33N3O2S/c1-3-9-16-10-5-6-13-21(19,20)17-14-15-7-11-18(4-2)12-8-15/h15-17H,3-14H2,1-2H3. The van der Waals surface area contributed by atoms with Gasteiger partial charge in [0.15, 0.2) is 0 Å². The van der Waals surface area contributed by atoms with Gasteiger partial charge in [0.25, 0.3) is 0 Å². The van der Waals surface area contributed by atoms with E-state index in [2.05, 4.69) is 28.8 Å². The lowest BCUT2D eigenvalue weighted by molar-refractivity contribution is 0.193. The zero-order valence-corrected chi connectivity index (χ0v) is 14.6. The molecule has 0 aromatic carbocycles. The van der Waals surface area contributed by atoms with Crippen molar-refractivity contribution < 1.29 is 8.42 Å². The Bertz CT molecular complexity index is 352. The molecule has 0 bridgehead atoms. The molecule has 0 atom stereocenters. The summed E-state index contributed by atoms with van der Waals surface area (Å²) in [5, 5.41) is 3.29. The molecular weight excluding hydrogens is 286 g/mol. The summed E-state index contributed by atoms with van der Waals surface area (Å²) in [5.41, 5.74) is 0. The van der Waals surface area contributed by atoms with Crippen molar-refractivity contribution in [3.8, 4) is 0 Å². The fourth-order valence-corrected chi connectivity index (χ4v) is 3.89.